The Balaban J connectivity index is 1.82. The summed E-state index contributed by atoms with van der Waals surface area (Å²) in [5, 5.41) is 0. The fourth-order valence-electron chi connectivity index (χ4n) is 2.92. The van der Waals surface area contributed by atoms with Crippen LogP contribution in [0.2, 0.25) is 0 Å². The van der Waals surface area contributed by atoms with Gasteiger partial charge in [0.25, 0.3) is 5.91 Å². The number of aryl methyl sites for hydroxylation is 1. The van der Waals surface area contributed by atoms with Gasteiger partial charge >= 0.3 is 0 Å². The molecule has 2 aromatic heterocycles. The number of pyridine rings is 1. The molecule has 0 saturated heterocycles. The van der Waals surface area contributed by atoms with Crippen LogP contribution in [0.3, 0.4) is 0 Å². The van der Waals surface area contributed by atoms with E-state index in [1.165, 1.54) is 23.1 Å². The lowest BCUT2D eigenvalue weighted by Gasteiger charge is -2.29. The number of hydrogen-bond acceptors (Lipinski definition) is 3. The first-order chi connectivity index (χ1) is 12.0. The van der Waals surface area contributed by atoms with Crippen molar-refractivity contribution in [2.24, 2.45) is 0 Å². The van der Waals surface area contributed by atoms with Crippen LogP contribution in [0, 0.1) is 18.6 Å². The molecule has 0 radical (unpaired) electrons. The highest BCUT2D eigenvalue weighted by atomic mass is 79.9. The van der Waals surface area contributed by atoms with E-state index in [9.17, 15) is 13.6 Å². The van der Waals surface area contributed by atoms with Gasteiger partial charge in [0.15, 0.2) is 18.2 Å². The summed E-state index contributed by atoms with van der Waals surface area (Å²) in [6, 6.07) is 5.75. The fourth-order valence-corrected chi connectivity index (χ4v) is 3.24. The highest BCUT2D eigenvalue weighted by molar-refractivity contribution is 9.10. The van der Waals surface area contributed by atoms with Crippen molar-refractivity contribution in [1.82, 2.24) is 9.38 Å². The molecular weight excluding hydrogens is 396 g/mol. The molecule has 0 saturated carbocycles. The molecular formula is C17H12BrF2N3O2. The predicted molar refractivity (Wildman–Crippen MR) is 90.7 cm³/mol. The zero-order valence-electron chi connectivity index (χ0n) is 13.1. The lowest BCUT2D eigenvalue weighted by atomic mass is 10.2. The third-order valence-corrected chi connectivity index (χ3v) is 4.73. The van der Waals surface area contributed by atoms with E-state index in [4.69, 9.17) is 4.74 Å². The van der Waals surface area contributed by atoms with E-state index in [1.54, 1.807) is 23.6 Å². The molecule has 0 spiro atoms. The first-order valence-corrected chi connectivity index (χ1v) is 8.29. The molecule has 0 unspecified atom stereocenters. The number of rotatable bonds is 2. The smallest absolute Gasteiger partial charge is 0.265 e. The summed E-state index contributed by atoms with van der Waals surface area (Å²) in [5.41, 5.74) is 2.18. The molecule has 1 aliphatic rings. The molecule has 0 fully saturated rings. The summed E-state index contributed by atoms with van der Waals surface area (Å²) in [6.45, 7) is 1.72. The van der Waals surface area contributed by atoms with Gasteiger partial charge in [0.1, 0.15) is 11.5 Å². The monoisotopic (exact) mass is 407 g/mol. The van der Waals surface area contributed by atoms with Crippen molar-refractivity contribution in [3.05, 3.63) is 58.0 Å². The van der Waals surface area contributed by atoms with E-state index in [2.05, 4.69) is 20.9 Å². The van der Waals surface area contributed by atoms with Crippen molar-refractivity contribution in [2.75, 3.05) is 11.5 Å². The van der Waals surface area contributed by atoms with E-state index in [0.29, 0.717) is 27.2 Å². The number of carbonyl (C=O) groups is 1. The zero-order valence-corrected chi connectivity index (χ0v) is 14.7. The molecule has 1 amide bonds. The van der Waals surface area contributed by atoms with Gasteiger partial charge in [-0.25, -0.2) is 13.8 Å². The topological polar surface area (TPSA) is 46.8 Å². The molecule has 5 nitrogen and oxygen atoms in total. The van der Waals surface area contributed by atoms with Crippen LogP contribution >= 0.6 is 15.9 Å². The van der Waals surface area contributed by atoms with E-state index in [0.717, 1.165) is 0 Å². The minimum absolute atomic E-state index is 0.0563. The van der Waals surface area contributed by atoms with Gasteiger partial charge in [0.2, 0.25) is 0 Å². The minimum Gasteiger partial charge on any atom is -0.478 e. The zero-order chi connectivity index (χ0) is 17.7. The van der Waals surface area contributed by atoms with Crippen LogP contribution in [0.1, 0.15) is 11.4 Å². The number of carbonyl (C=O) groups excluding carboxylic acids is 1. The number of fused-ring (bicyclic) bond motifs is 2. The quantitative estimate of drug-likeness (QED) is 0.651. The number of ether oxygens (including phenoxy) is 1. The average Bonchev–Trinajstić information content (AvgIpc) is 2.86. The Kier molecular flexibility index (Phi) is 3.72. The number of amides is 1. The Hall–Kier alpha value is -2.48. The molecule has 0 atom stereocenters. The summed E-state index contributed by atoms with van der Waals surface area (Å²) in [7, 11) is 0. The predicted octanol–water partition coefficient (Wildman–Crippen LogP) is 3.61. The van der Waals surface area contributed by atoms with Gasteiger partial charge in [-0.3, -0.25) is 9.69 Å². The van der Waals surface area contributed by atoms with Gasteiger partial charge in [-0.15, -0.1) is 0 Å². The van der Waals surface area contributed by atoms with Gasteiger partial charge in [-0.05, 0) is 35.0 Å². The number of para-hydroxylation sites is 1. The number of nitrogens with zero attached hydrogens (tertiary/aromatic N) is 3. The van der Waals surface area contributed by atoms with Crippen molar-refractivity contribution < 1.29 is 18.3 Å². The van der Waals surface area contributed by atoms with Crippen molar-refractivity contribution in [3.8, 4) is 5.75 Å². The highest BCUT2D eigenvalue weighted by Gasteiger charge is 2.29. The molecule has 1 aliphatic heterocycles. The molecule has 25 heavy (non-hydrogen) atoms. The second kappa shape index (κ2) is 5.80. The van der Waals surface area contributed by atoms with Gasteiger partial charge in [-0.1, -0.05) is 6.07 Å². The molecule has 8 heteroatoms. The van der Waals surface area contributed by atoms with Gasteiger partial charge in [0, 0.05) is 12.3 Å². The largest absolute Gasteiger partial charge is 0.478 e. The molecule has 3 aromatic rings. The van der Waals surface area contributed by atoms with E-state index >= 15 is 0 Å². The maximum absolute atomic E-state index is 14.0. The number of imidazole rings is 1. The van der Waals surface area contributed by atoms with Crippen LogP contribution in [0.4, 0.5) is 14.5 Å². The van der Waals surface area contributed by atoms with Crippen LogP contribution in [-0.2, 0) is 11.3 Å². The fraction of sp³-hybridized carbons (Fsp3) is 0.176. The van der Waals surface area contributed by atoms with Crippen molar-refractivity contribution in [2.45, 2.75) is 13.5 Å². The van der Waals surface area contributed by atoms with E-state index < -0.39 is 11.6 Å². The lowest BCUT2D eigenvalue weighted by Crippen LogP contribution is -2.39. The lowest BCUT2D eigenvalue weighted by molar-refractivity contribution is -0.121. The molecule has 0 N–H and O–H groups in total. The Morgan fingerprint density at radius 3 is 2.92 bits per heavy atom. The minimum atomic E-state index is -0.519. The molecule has 4 rings (SSSR count). The third-order valence-electron chi connectivity index (χ3n) is 4.15. The first kappa shape index (κ1) is 16.0. The van der Waals surface area contributed by atoms with Crippen LogP contribution in [0.25, 0.3) is 5.65 Å². The standard InChI is InChI=1S/C17H12BrF2N3O2/c1-9-14(22-6-10(18)12(20)5-15(22)21-9)7-23-13-4-2-3-11(19)17(13)25-8-16(23)24/h2-6H,7-8H2,1H3. The molecule has 1 aromatic carbocycles. The first-order valence-electron chi connectivity index (χ1n) is 7.50. The van der Waals surface area contributed by atoms with Gasteiger partial charge in [0.05, 0.1) is 28.1 Å². The normalized spacial score (nSPS) is 13.9. The van der Waals surface area contributed by atoms with Crippen LogP contribution in [0.15, 0.2) is 34.9 Å². The maximum Gasteiger partial charge on any atom is 0.265 e. The third kappa shape index (κ3) is 2.57. The van der Waals surface area contributed by atoms with Crippen molar-refractivity contribution in [3.63, 3.8) is 0 Å². The SMILES string of the molecule is Cc1nc2cc(F)c(Br)cn2c1CN1C(=O)COc2c(F)cccc21. The number of benzene rings is 1. The second-order valence-electron chi connectivity index (χ2n) is 5.70. The van der Waals surface area contributed by atoms with Crippen LogP contribution < -0.4 is 9.64 Å². The summed E-state index contributed by atoms with van der Waals surface area (Å²) in [6.07, 6.45) is 1.57. The van der Waals surface area contributed by atoms with E-state index in [-0.39, 0.29) is 24.8 Å². The highest BCUT2D eigenvalue weighted by Crippen LogP contribution is 2.35. The number of anilines is 1. The summed E-state index contributed by atoms with van der Waals surface area (Å²) in [4.78, 5) is 18.1. The van der Waals surface area contributed by atoms with Crippen LogP contribution in [0.5, 0.6) is 5.75 Å². The van der Waals surface area contributed by atoms with Crippen molar-refractivity contribution >= 4 is 33.2 Å². The van der Waals surface area contributed by atoms with Crippen LogP contribution in [-0.4, -0.2) is 21.9 Å². The molecule has 0 bridgehead atoms. The second-order valence-corrected chi connectivity index (χ2v) is 6.55. The summed E-state index contributed by atoms with van der Waals surface area (Å²) >= 11 is 3.16. The number of halogens is 3. The Morgan fingerprint density at radius 2 is 2.12 bits per heavy atom. The molecule has 0 aliphatic carbocycles. The number of aromatic nitrogens is 2. The average molecular weight is 408 g/mol. The van der Waals surface area contributed by atoms with E-state index in [1.807, 2.05) is 0 Å². The van der Waals surface area contributed by atoms with Gasteiger partial charge in [-0.2, -0.15) is 0 Å². The van der Waals surface area contributed by atoms with Crippen molar-refractivity contribution in [1.29, 1.82) is 0 Å². The summed E-state index contributed by atoms with van der Waals surface area (Å²) in [5.74, 6) is -1.16. The molecule has 3 heterocycles. The Labute approximate surface area is 150 Å². The van der Waals surface area contributed by atoms with Gasteiger partial charge < -0.3 is 9.14 Å². The Morgan fingerprint density at radius 1 is 1.32 bits per heavy atom. The summed E-state index contributed by atoms with van der Waals surface area (Å²) < 4.78 is 34.9. The Bertz CT molecular complexity index is 1020. The maximum atomic E-state index is 14.0. The number of hydrogen-bond donors (Lipinski definition) is 0. The molecule has 128 valence electrons.